The Hall–Kier alpha value is -3.61. The molecule has 7 heteroatoms. The highest BCUT2D eigenvalue weighted by Gasteiger charge is 2.31. The lowest BCUT2D eigenvalue weighted by Gasteiger charge is -2.27. The van der Waals surface area contributed by atoms with Gasteiger partial charge in [0.25, 0.3) is 0 Å². The number of carbonyl (C=O) groups excluding carboxylic acids is 2. The minimum absolute atomic E-state index is 0.0194. The number of alkyl carbamates (subject to hydrolysis) is 1. The van der Waals surface area contributed by atoms with Gasteiger partial charge in [-0.3, -0.25) is 9.59 Å². The van der Waals surface area contributed by atoms with Gasteiger partial charge in [0, 0.05) is 18.9 Å². The van der Waals surface area contributed by atoms with Crippen LogP contribution in [-0.2, 0) is 14.3 Å². The molecule has 166 valence electrons. The first kappa shape index (κ1) is 21.6. The number of carbonyl (C=O) groups is 3. The molecule has 2 N–H and O–H groups in total. The number of ether oxygens (including phenoxy) is 1. The number of carboxylic acid groups (broad SMARTS) is 1. The molecule has 2 aliphatic carbocycles. The van der Waals surface area contributed by atoms with Crippen molar-refractivity contribution in [2.45, 2.75) is 24.8 Å². The molecule has 4 rings (SSSR count). The number of nitrogens with one attached hydrogen (secondary N) is 1. The van der Waals surface area contributed by atoms with Gasteiger partial charge in [-0.2, -0.15) is 0 Å². The van der Waals surface area contributed by atoms with Crippen LogP contribution >= 0.6 is 0 Å². The molecular formula is C25H26N2O5. The fourth-order valence-electron chi connectivity index (χ4n) is 4.58. The van der Waals surface area contributed by atoms with Crippen LogP contribution < -0.4 is 5.32 Å². The lowest BCUT2D eigenvalue weighted by molar-refractivity contribution is -0.145. The van der Waals surface area contributed by atoms with Crippen molar-refractivity contribution in [1.82, 2.24) is 10.2 Å². The molecule has 2 aromatic carbocycles. The fraction of sp³-hybridized carbons (Fsp3) is 0.320. The number of amides is 2. The van der Waals surface area contributed by atoms with Gasteiger partial charge >= 0.3 is 12.1 Å². The van der Waals surface area contributed by atoms with E-state index in [1.807, 2.05) is 36.4 Å². The van der Waals surface area contributed by atoms with Gasteiger partial charge in [0.05, 0.1) is 6.04 Å². The smallest absolute Gasteiger partial charge is 0.407 e. The first-order valence-corrected chi connectivity index (χ1v) is 10.7. The first-order chi connectivity index (χ1) is 15.4. The van der Waals surface area contributed by atoms with Crippen molar-refractivity contribution in [1.29, 1.82) is 0 Å². The van der Waals surface area contributed by atoms with Crippen molar-refractivity contribution >= 4 is 18.0 Å². The van der Waals surface area contributed by atoms with Crippen LogP contribution in [0, 0.1) is 5.92 Å². The summed E-state index contributed by atoms with van der Waals surface area (Å²) in [5.41, 5.74) is 4.62. The molecule has 32 heavy (non-hydrogen) atoms. The highest BCUT2D eigenvalue weighted by atomic mass is 16.5. The average Bonchev–Trinajstić information content (AvgIpc) is 3.10. The fourth-order valence-corrected chi connectivity index (χ4v) is 4.58. The van der Waals surface area contributed by atoms with Gasteiger partial charge in [-0.25, -0.2) is 4.79 Å². The number of rotatable bonds is 6. The summed E-state index contributed by atoms with van der Waals surface area (Å²) in [6.45, 7) is -0.122. The van der Waals surface area contributed by atoms with E-state index in [9.17, 15) is 14.4 Å². The van der Waals surface area contributed by atoms with E-state index >= 15 is 0 Å². The number of hydrogen-bond acceptors (Lipinski definition) is 4. The Labute approximate surface area is 186 Å². The third-order valence-electron chi connectivity index (χ3n) is 6.07. The van der Waals surface area contributed by atoms with Crippen LogP contribution in [0.1, 0.15) is 29.9 Å². The quantitative estimate of drug-likeness (QED) is 0.680. The normalized spacial score (nSPS) is 19.0. The van der Waals surface area contributed by atoms with Crippen molar-refractivity contribution in [2.24, 2.45) is 5.92 Å². The van der Waals surface area contributed by atoms with Crippen molar-refractivity contribution < 1.29 is 24.2 Å². The van der Waals surface area contributed by atoms with Crippen LogP contribution in [0.4, 0.5) is 4.79 Å². The molecule has 0 radical (unpaired) electrons. The van der Waals surface area contributed by atoms with E-state index in [2.05, 4.69) is 29.6 Å². The number of nitrogens with zero attached hydrogens (tertiary/aromatic N) is 1. The standard InChI is InChI=1S/C25H26N2O5/c1-27(14-23(28)29)24(30)16-7-6-8-17(13-16)26-25(31)32-15-22-20-11-4-2-9-18(20)19-10-3-5-12-21(19)22/h2-6,8-12,16-17,22H,7,13-15H2,1H3,(H,26,31)(H,28,29)/t16-,17-/m1/s1. The number of hydrogen-bond donors (Lipinski definition) is 2. The van der Waals surface area contributed by atoms with Crippen LogP contribution in [0.3, 0.4) is 0 Å². The number of allylic oxidation sites excluding steroid dienone is 1. The van der Waals surface area contributed by atoms with Crippen molar-refractivity contribution in [3.63, 3.8) is 0 Å². The maximum absolute atomic E-state index is 12.5. The van der Waals surface area contributed by atoms with Crippen LogP contribution in [0.15, 0.2) is 60.7 Å². The monoisotopic (exact) mass is 434 g/mol. The number of carboxylic acids is 1. The second-order valence-corrected chi connectivity index (χ2v) is 8.26. The van der Waals surface area contributed by atoms with E-state index in [0.717, 1.165) is 11.1 Å². The van der Waals surface area contributed by atoms with Crippen LogP contribution in [0.25, 0.3) is 11.1 Å². The highest BCUT2D eigenvalue weighted by Crippen LogP contribution is 2.44. The Kier molecular flexibility index (Phi) is 6.25. The van der Waals surface area contributed by atoms with E-state index < -0.39 is 12.1 Å². The number of benzene rings is 2. The van der Waals surface area contributed by atoms with E-state index in [0.29, 0.717) is 12.8 Å². The minimum atomic E-state index is -1.06. The van der Waals surface area contributed by atoms with Gasteiger partial charge in [-0.05, 0) is 35.1 Å². The van der Waals surface area contributed by atoms with Gasteiger partial charge in [0.15, 0.2) is 0 Å². The van der Waals surface area contributed by atoms with Crippen molar-refractivity contribution in [3.05, 3.63) is 71.8 Å². The topological polar surface area (TPSA) is 95.9 Å². The molecule has 2 aliphatic rings. The summed E-state index contributed by atoms with van der Waals surface area (Å²) < 4.78 is 5.58. The first-order valence-electron chi connectivity index (χ1n) is 10.7. The summed E-state index contributed by atoms with van der Waals surface area (Å²) in [5, 5.41) is 11.7. The molecule has 2 aromatic rings. The zero-order valence-corrected chi connectivity index (χ0v) is 17.9. The van der Waals surface area contributed by atoms with Gasteiger partial charge in [-0.15, -0.1) is 0 Å². The summed E-state index contributed by atoms with van der Waals surface area (Å²) in [5.74, 6) is -1.69. The largest absolute Gasteiger partial charge is 0.480 e. The maximum atomic E-state index is 12.5. The van der Waals surface area contributed by atoms with Gasteiger partial charge in [0.1, 0.15) is 13.2 Å². The molecule has 0 aromatic heterocycles. The molecule has 0 saturated heterocycles. The lowest BCUT2D eigenvalue weighted by atomic mass is 9.90. The zero-order chi connectivity index (χ0) is 22.7. The molecule has 0 spiro atoms. The van der Waals surface area contributed by atoms with Crippen LogP contribution in [0.5, 0.6) is 0 Å². The van der Waals surface area contributed by atoms with Gasteiger partial charge in [0.2, 0.25) is 5.91 Å². The highest BCUT2D eigenvalue weighted by molar-refractivity contribution is 5.83. The predicted octanol–water partition coefficient (Wildman–Crippen LogP) is 3.40. The van der Waals surface area contributed by atoms with Gasteiger partial charge in [-0.1, -0.05) is 60.7 Å². The summed E-state index contributed by atoms with van der Waals surface area (Å²) >= 11 is 0. The molecule has 0 fully saturated rings. The van der Waals surface area contributed by atoms with E-state index in [1.165, 1.54) is 23.1 Å². The number of aliphatic carboxylic acids is 1. The third-order valence-corrected chi connectivity index (χ3v) is 6.07. The number of fused-ring (bicyclic) bond motifs is 3. The Morgan fingerprint density at radius 2 is 1.69 bits per heavy atom. The lowest BCUT2D eigenvalue weighted by Crippen LogP contribution is -2.42. The molecule has 2 amide bonds. The van der Waals surface area contributed by atoms with Crippen LogP contribution in [0.2, 0.25) is 0 Å². The molecule has 2 atom stereocenters. The van der Waals surface area contributed by atoms with E-state index in [4.69, 9.17) is 9.84 Å². The van der Waals surface area contributed by atoms with Crippen molar-refractivity contribution in [3.8, 4) is 11.1 Å². The summed E-state index contributed by atoms with van der Waals surface area (Å²) in [6.07, 6.45) is 4.08. The Morgan fingerprint density at radius 1 is 1.06 bits per heavy atom. The molecule has 0 bridgehead atoms. The molecule has 0 heterocycles. The summed E-state index contributed by atoms with van der Waals surface area (Å²) in [4.78, 5) is 37.1. The molecule has 7 nitrogen and oxygen atoms in total. The van der Waals surface area contributed by atoms with Crippen molar-refractivity contribution in [2.75, 3.05) is 20.2 Å². The molecule has 0 saturated carbocycles. The van der Waals surface area contributed by atoms with Gasteiger partial charge < -0.3 is 20.1 Å². The third kappa shape index (κ3) is 4.51. The SMILES string of the molecule is CN(CC(=O)O)C(=O)[C@@H]1CC=C[C@@H](NC(=O)OCC2c3ccccc3-c3ccccc32)C1. The minimum Gasteiger partial charge on any atom is -0.480 e. The molecule has 0 aliphatic heterocycles. The Balaban J connectivity index is 1.35. The summed E-state index contributed by atoms with van der Waals surface area (Å²) in [6, 6.07) is 15.9. The Bertz CT molecular complexity index is 1020. The summed E-state index contributed by atoms with van der Waals surface area (Å²) in [7, 11) is 1.47. The second kappa shape index (κ2) is 9.26. The maximum Gasteiger partial charge on any atom is 0.407 e. The molecular weight excluding hydrogens is 408 g/mol. The van der Waals surface area contributed by atoms with E-state index in [-0.39, 0.29) is 36.9 Å². The van der Waals surface area contributed by atoms with E-state index in [1.54, 1.807) is 0 Å². The second-order valence-electron chi connectivity index (χ2n) is 8.26. The van der Waals surface area contributed by atoms with Crippen LogP contribution in [-0.4, -0.2) is 54.2 Å². The average molecular weight is 434 g/mol. The zero-order valence-electron chi connectivity index (χ0n) is 17.9. The molecule has 0 unspecified atom stereocenters. The predicted molar refractivity (Wildman–Crippen MR) is 119 cm³/mol. The number of likely N-dealkylation sites (N-methyl/N-ethyl adjacent to an activating group) is 1. The Morgan fingerprint density at radius 3 is 2.31 bits per heavy atom.